The zero-order valence-electron chi connectivity index (χ0n) is 14.0. The summed E-state index contributed by atoms with van der Waals surface area (Å²) in [5.41, 5.74) is 1.29. The number of carbonyl (C=O) groups is 2. The summed E-state index contributed by atoms with van der Waals surface area (Å²) >= 11 is 0. The Labute approximate surface area is 142 Å². The van der Waals surface area contributed by atoms with Gasteiger partial charge in [0.05, 0.1) is 19.3 Å². The number of pyridine rings is 1. The number of amides is 2. The summed E-state index contributed by atoms with van der Waals surface area (Å²) in [5, 5.41) is 2.85. The summed E-state index contributed by atoms with van der Waals surface area (Å²) < 4.78 is 5.34. The standard InChI is InChI=1S/C17H24N4O3/c1-13-3-2-5-18-15(13)16(22)19-6-8-21-7-4-14(17(21)23)20-9-11-24-12-10-20/h2-3,5,14H,4,6-12H2,1H3,(H,19,22). The Morgan fingerprint density at radius 3 is 2.92 bits per heavy atom. The molecule has 7 heteroatoms. The van der Waals surface area contributed by atoms with Crippen LogP contribution in [0.4, 0.5) is 0 Å². The second kappa shape index (κ2) is 7.72. The molecule has 2 amide bonds. The molecule has 0 aromatic carbocycles. The quantitative estimate of drug-likeness (QED) is 0.825. The molecule has 2 saturated heterocycles. The van der Waals surface area contributed by atoms with Crippen LogP contribution >= 0.6 is 0 Å². The van der Waals surface area contributed by atoms with Crippen LogP contribution in [-0.4, -0.2) is 78.6 Å². The number of ether oxygens (including phenoxy) is 1. The summed E-state index contributed by atoms with van der Waals surface area (Å²) in [7, 11) is 0. The number of hydrogen-bond donors (Lipinski definition) is 1. The number of aromatic nitrogens is 1. The summed E-state index contributed by atoms with van der Waals surface area (Å²) in [6.07, 6.45) is 2.46. The van der Waals surface area contributed by atoms with Crippen molar-refractivity contribution in [3.05, 3.63) is 29.6 Å². The summed E-state index contributed by atoms with van der Waals surface area (Å²) in [6, 6.07) is 3.64. The lowest BCUT2D eigenvalue weighted by molar-refractivity contribution is -0.133. The van der Waals surface area contributed by atoms with E-state index in [0.29, 0.717) is 32.0 Å². The van der Waals surface area contributed by atoms with Crippen molar-refractivity contribution in [3.8, 4) is 0 Å². The van der Waals surface area contributed by atoms with Gasteiger partial charge < -0.3 is 15.0 Å². The molecule has 0 saturated carbocycles. The van der Waals surface area contributed by atoms with Crippen molar-refractivity contribution in [3.63, 3.8) is 0 Å². The van der Waals surface area contributed by atoms with E-state index in [9.17, 15) is 9.59 Å². The van der Waals surface area contributed by atoms with E-state index >= 15 is 0 Å². The molecule has 0 aliphatic carbocycles. The minimum absolute atomic E-state index is 0.0253. The average Bonchev–Trinajstić information content (AvgIpc) is 2.97. The summed E-state index contributed by atoms with van der Waals surface area (Å²) in [5.74, 6) is -0.0235. The fourth-order valence-corrected chi connectivity index (χ4v) is 3.28. The molecule has 130 valence electrons. The third kappa shape index (κ3) is 3.73. The van der Waals surface area contributed by atoms with E-state index in [2.05, 4.69) is 15.2 Å². The van der Waals surface area contributed by atoms with Crippen molar-refractivity contribution >= 4 is 11.8 Å². The molecule has 24 heavy (non-hydrogen) atoms. The van der Waals surface area contributed by atoms with Crippen LogP contribution in [0.3, 0.4) is 0 Å². The molecular weight excluding hydrogens is 308 g/mol. The van der Waals surface area contributed by atoms with Crippen LogP contribution in [0.25, 0.3) is 0 Å². The van der Waals surface area contributed by atoms with Gasteiger partial charge in [0.25, 0.3) is 5.91 Å². The van der Waals surface area contributed by atoms with Crippen LogP contribution in [-0.2, 0) is 9.53 Å². The number of nitrogens with one attached hydrogen (secondary N) is 1. The summed E-state index contributed by atoms with van der Waals surface area (Å²) in [4.78, 5) is 32.8. The van der Waals surface area contributed by atoms with Crippen LogP contribution in [0.15, 0.2) is 18.3 Å². The number of morpholine rings is 1. The highest BCUT2D eigenvalue weighted by atomic mass is 16.5. The SMILES string of the molecule is Cc1cccnc1C(=O)NCCN1CCC(N2CCOCC2)C1=O. The fraction of sp³-hybridized carbons (Fsp3) is 0.588. The predicted octanol–water partition coefficient (Wildman–Crippen LogP) is 0.0529. The van der Waals surface area contributed by atoms with Crippen molar-refractivity contribution in [2.45, 2.75) is 19.4 Å². The van der Waals surface area contributed by atoms with Gasteiger partial charge in [-0.15, -0.1) is 0 Å². The Balaban J connectivity index is 1.46. The smallest absolute Gasteiger partial charge is 0.270 e. The number of carbonyl (C=O) groups excluding carboxylic acids is 2. The first-order valence-corrected chi connectivity index (χ1v) is 8.47. The van der Waals surface area contributed by atoms with Gasteiger partial charge in [0.1, 0.15) is 5.69 Å². The van der Waals surface area contributed by atoms with Crippen molar-refractivity contribution in [1.82, 2.24) is 20.1 Å². The molecule has 7 nitrogen and oxygen atoms in total. The minimum Gasteiger partial charge on any atom is -0.379 e. The maximum Gasteiger partial charge on any atom is 0.270 e. The molecule has 1 unspecified atom stereocenters. The maximum absolute atomic E-state index is 12.5. The van der Waals surface area contributed by atoms with Crippen LogP contribution < -0.4 is 5.32 Å². The molecule has 2 aliphatic heterocycles. The Kier molecular flexibility index (Phi) is 5.42. The second-order valence-corrected chi connectivity index (χ2v) is 6.20. The monoisotopic (exact) mass is 332 g/mol. The molecule has 0 radical (unpaired) electrons. The lowest BCUT2D eigenvalue weighted by Gasteiger charge is -2.31. The van der Waals surface area contributed by atoms with Gasteiger partial charge >= 0.3 is 0 Å². The number of nitrogens with zero attached hydrogens (tertiary/aromatic N) is 3. The van der Waals surface area contributed by atoms with E-state index in [0.717, 1.165) is 31.6 Å². The van der Waals surface area contributed by atoms with E-state index in [4.69, 9.17) is 4.74 Å². The van der Waals surface area contributed by atoms with Crippen molar-refractivity contribution in [2.24, 2.45) is 0 Å². The van der Waals surface area contributed by atoms with E-state index in [1.54, 1.807) is 12.3 Å². The molecule has 0 spiro atoms. The van der Waals surface area contributed by atoms with Crippen molar-refractivity contribution in [1.29, 1.82) is 0 Å². The van der Waals surface area contributed by atoms with Crippen molar-refractivity contribution < 1.29 is 14.3 Å². The van der Waals surface area contributed by atoms with Crippen LogP contribution in [0.1, 0.15) is 22.5 Å². The predicted molar refractivity (Wildman–Crippen MR) is 88.7 cm³/mol. The van der Waals surface area contributed by atoms with Gasteiger partial charge in [-0.25, -0.2) is 0 Å². The van der Waals surface area contributed by atoms with Gasteiger partial charge in [-0.1, -0.05) is 6.07 Å². The van der Waals surface area contributed by atoms with Gasteiger partial charge in [0.15, 0.2) is 0 Å². The summed E-state index contributed by atoms with van der Waals surface area (Å²) in [6.45, 7) is 6.62. The molecule has 1 aromatic rings. The second-order valence-electron chi connectivity index (χ2n) is 6.20. The molecule has 1 atom stereocenters. The molecule has 0 bridgehead atoms. The zero-order valence-corrected chi connectivity index (χ0v) is 14.0. The van der Waals surface area contributed by atoms with Gasteiger partial charge in [-0.05, 0) is 25.0 Å². The van der Waals surface area contributed by atoms with E-state index in [1.165, 1.54) is 0 Å². The fourth-order valence-electron chi connectivity index (χ4n) is 3.28. The minimum atomic E-state index is -0.190. The van der Waals surface area contributed by atoms with Gasteiger partial charge in [-0.2, -0.15) is 0 Å². The topological polar surface area (TPSA) is 74.8 Å². The first-order chi connectivity index (χ1) is 11.7. The molecular formula is C17H24N4O3. The first kappa shape index (κ1) is 16.9. The Bertz CT molecular complexity index is 601. The highest BCUT2D eigenvalue weighted by Crippen LogP contribution is 2.18. The number of hydrogen-bond acceptors (Lipinski definition) is 5. The normalized spacial score (nSPS) is 22.0. The van der Waals surface area contributed by atoms with Crippen LogP contribution in [0.5, 0.6) is 0 Å². The third-order valence-electron chi connectivity index (χ3n) is 4.65. The number of aryl methyl sites for hydroxylation is 1. The zero-order chi connectivity index (χ0) is 16.9. The van der Waals surface area contributed by atoms with Gasteiger partial charge in [0.2, 0.25) is 5.91 Å². The highest BCUT2D eigenvalue weighted by molar-refractivity contribution is 5.93. The molecule has 2 fully saturated rings. The van der Waals surface area contributed by atoms with E-state index in [-0.39, 0.29) is 17.9 Å². The third-order valence-corrected chi connectivity index (χ3v) is 4.65. The van der Waals surface area contributed by atoms with Gasteiger partial charge in [0, 0.05) is 38.9 Å². The Morgan fingerprint density at radius 1 is 1.38 bits per heavy atom. The lowest BCUT2D eigenvalue weighted by Crippen LogP contribution is -2.48. The Morgan fingerprint density at radius 2 is 2.17 bits per heavy atom. The molecule has 3 rings (SSSR count). The van der Waals surface area contributed by atoms with Crippen molar-refractivity contribution in [2.75, 3.05) is 45.9 Å². The highest BCUT2D eigenvalue weighted by Gasteiger charge is 2.36. The average molecular weight is 332 g/mol. The molecule has 2 aliphatic rings. The molecule has 1 N–H and O–H groups in total. The number of likely N-dealkylation sites (tertiary alicyclic amines) is 1. The molecule has 1 aromatic heterocycles. The molecule has 3 heterocycles. The lowest BCUT2D eigenvalue weighted by atomic mass is 10.2. The largest absolute Gasteiger partial charge is 0.379 e. The first-order valence-electron chi connectivity index (χ1n) is 8.47. The van der Waals surface area contributed by atoms with Crippen LogP contribution in [0.2, 0.25) is 0 Å². The van der Waals surface area contributed by atoms with E-state index < -0.39 is 0 Å². The maximum atomic E-state index is 12.5. The van der Waals surface area contributed by atoms with Crippen LogP contribution in [0, 0.1) is 6.92 Å². The van der Waals surface area contributed by atoms with E-state index in [1.807, 2.05) is 17.9 Å². The van der Waals surface area contributed by atoms with Gasteiger partial charge in [-0.3, -0.25) is 19.5 Å². The Hall–Kier alpha value is -1.99. The number of rotatable bonds is 5.